The average Bonchev–Trinajstić information content (AvgIpc) is 2.70. The van der Waals surface area contributed by atoms with Crippen molar-refractivity contribution < 1.29 is 129 Å². The van der Waals surface area contributed by atoms with E-state index in [9.17, 15) is 38.4 Å². The molecule has 0 aromatic heterocycles. The molecular weight excluding hydrogens is 526 g/mol. The van der Waals surface area contributed by atoms with E-state index in [1.165, 1.54) is 0 Å². The summed E-state index contributed by atoms with van der Waals surface area (Å²) in [5.74, 6) is -12.5. The van der Waals surface area contributed by atoms with Gasteiger partial charge in [0.05, 0.1) is 0 Å². The van der Waals surface area contributed by atoms with Crippen LogP contribution in [0.3, 0.4) is 0 Å². The number of carboxylic acids is 4. The van der Waals surface area contributed by atoms with Crippen LogP contribution in [0.15, 0.2) is 0 Å². The fraction of sp³-hybridized carbons (Fsp3) is 0. The third kappa shape index (κ3) is 51.2. The zero-order valence-corrected chi connectivity index (χ0v) is 20.0. The van der Waals surface area contributed by atoms with Crippen LogP contribution >= 0.6 is 7.82 Å². The summed E-state index contributed by atoms with van der Waals surface area (Å²) in [4.78, 5) is 98.6. The van der Waals surface area contributed by atoms with E-state index in [1.54, 1.807) is 0 Å². The summed E-state index contributed by atoms with van der Waals surface area (Å²) in [5, 5.41) is 60.5. The summed E-state index contributed by atoms with van der Waals surface area (Å²) in [5.41, 5.74) is 0. The number of hydrogen-bond donors (Lipinski definition) is 6. The van der Waals surface area contributed by atoms with Gasteiger partial charge in [-0.1, -0.05) is 0 Å². The number of carbonyl (C=O) groups excluding carboxylic acids is 4. The number of nitrogens with zero attached hydrogens (tertiary/aromatic N) is 4. The van der Waals surface area contributed by atoms with Crippen molar-refractivity contribution in [3.63, 3.8) is 0 Å². The Hall–Kier alpha value is -3.73. The van der Waals surface area contributed by atoms with Crippen molar-refractivity contribution in [3.05, 3.63) is 0 Å². The van der Waals surface area contributed by atoms with Gasteiger partial charge in [0.1, 0.15) is 0 Å². The Morgan fingerprint density at radius 3 is 0.618 bits per heavy atom. The van der Waals surface area contributed by atoms with Crippen LogP contribution in [0.25, 0.3) is 0 Å². The van der Waals surface area contributed by atoms with Crippen LogP contribution in [0.1, 0.15) is 0 Å². The van der Waals surface area contributed by atoms with Crippen LogP contribution in [-0.2, 0) is 42.9 Å². The Morgan fingerprint density at radius 1 is 0.529 bits per heavy atom. The van der Waals surface area contributed by atoms with E-state index in [4.69, 9.17) is 60.7 Å². The average molecular weight is 532 g/mol. The van der Waals surface area contributed by atoms with Gasteiger partial charge in [0.2, 0.25) is 0 Å². The number of hydrogen-bond acceptors (Lipinski definition) is 14. The van der Waals surface area contributed by atoms with Crippen molar-refractivity contribution in [1.29, 1.82) is 21.0 Å². The maximum Gasteiger partial charge on any atom is 1.00 e. The van der Waals surface area contributed by atoms with E-state index in [2.05, 4.69) is 0 Å². The van der Waals surface area contributed by atoms with Crippen LogP contribution in [0.4, 0.5) is 0 Å². The van der Waals surface area contributed by atoms with Crippen molar-refractivity contribution in [3.8, 4) is 24.3 Å². The molecule has 0 bridgehead atoms. The van der Waals surface area contributed by atoms with Gasteiger partial charge in [0.15, 0.2) is 24.3 Å². The second-order valence-corrected chi connectivity index (χ2v) is 4.46. The van der Waals surface area contributed by atoms with Gasteiger partial charge >= 0.3 is 98.4 Å². The normalized spacial score (nSPS) is 7.26. The van der Waals surface area contributed by atoms with Crippen LogP contribution in [0.2, 0.25) is 0 Å². The van der Waals surface area contributed by atoms with Gasteiger partial charge in [-0.25, -0.2) is 19.2 Å². The molecule has 0 fully saturated rings. The van der Waals surface area contributed by atoms with Crippen LogP contribution in [0.5, 0.6) is 0 Å². The van der Waals surface area contributed by atoms with E-state index in [1.807, 2.05) is 0 Å². The summed E-state index contributed by atoms with van der Waals surface area (Å²) in [6, 6.07) is 3.70. The molecule has 0 amide bonds. The monoisotopic (exact) mass is 532 g/mol. The van der Waals surface area contributed by atoms with E-state index < -0.39 is 54.8 Å². The summed E-state index contributed by atoms with van der Waals surface area (Å²) >= 11 is 0. The SMILES string of the molecule is N#CC(=O)C(=O)O.N#CC(=O)C(=O)O.N#CC(=O)C(=O)O.N#CC(=O)C(=O)O.O=P([O-])(O)O.[K+]. The number of phosphoric acid groups is 1. The van der Waals surface area contributed by atoms with Crippen LogP contribution in [-0.4, -0.2) is 77.2 Å². The van der Waals surface area contributed by atoms with Crippen molar-refractivity contribution >= 4 is 54.8 Å². The predicted molar refractivity (Wildman–Crippen MR) is 85.1 cm³/mol. The molecule has 20 nitrogen and oxygen atoms in total. The van der Waals surface area contributed by atoms with Crippen molar-refractivity contribution in [2.24, 2.45) is 0 Å². The second kappa shape index (κ2) is 25.5. The van der Waals surface area contributed by atoms with Gasteiger partial charge in [-0.3, -0.25) is 23.7 Å². The van der Waals surface area contributed by atoms with Crippen molar-refractivity contribution in [2.75, 3.05) is 0 Å². The molecule has 0 aromatic carbocycles. The molecule has 176 valence electrons. The molecule has 0 aliphatic carbocycles. The number of nitriles is 4. The largest absolute Gasteiger partial charge is 1.00 e. The number of Topliss-reactive ketones (excluding diaryl/α,β-unsaturated/α-hetero) is 4. The van der Waals surface area contributed by atoms with Gasteiger partial charge in [0.25, 0.3) is 7.82 Å². The quantitative estimate of drug-likeness (QED) is 0.0846. The van der Waals surface area contributed by atoms with Crippen molar-refractivity contribution in [2.45, 2.75) is 0 Å². The Kier molecular flexibility index (Phi) is 33.1. The fourth-order valence-corrected chi connectivity index (χ4v) is 0.191. The topological polar surface area (TPSA) is 393 Å². The molecular formula is C12H6KN4O16P. The van der Waals surface area contributed by atoms with Crippen molar-refractivity contribution in [1.82, 2.24) is 0 Å². The second-order valence-electron chi connectivity index (χ2n) is 3.47. The van der Waals surface area contributed by atoms with E-state index >= 15 is 0 Å². The minimum Gasteiger partial charge on any atom is -0.756 e. The Bertz CT molecular complexity index is 866. The zero-order chi connectivity index (χ0) is 27.9. The molecule has 0 unspecified atom stereocenters. The van der Waals surface area contributed by atoms with Gasteiger partial charge in [-0.15, -0.1) is 0 Å². The predicted octanol–water partition coefficient (Wildman–Crippen LogP) is -7.90. The molecule has 0 rings (SSSR count). The third-order valence-electron chi connectivity index (χ3n) is 1.18. The molecule has 0 aliphatic rings. The summed E-state index contributed by atoms with van der Waals surface area (Å²) in [7, 11) is -4.89. The first-order valence-electron chi connectivity index (χ1n) is 6.19. The van der Waals surface area contributed by atoms with Crippen LogP contribution in [0, 0.1) is 45.3 Å². The standard InChI is InChI=1S/4C3HNO3.K.H3O4P/c4*4-1-2(5)3(6)7;;1-5(2,3)4/h4*(H,6,7);;(H3,1,2,3,4)/q;;;;+1;/p-1. The fourth-order valence-electron chi connectivity index (χ4n) is 0.191. The number of rotatable bonds is 4. The maximum atomic E-state index is 9.55. The number of ketones is 4. The molecule has 6 N–H and O–H groups in total. The zero-order valence-electron chi connectivity index (χ0n) is 16.0. The third-order valence-corrected chi connectivity index (χ3v) is 1.18. The summed E-state index contributed by atoms with van der Waals surface area (Å²) < 4.78 is 8.77. The first-order valence-corrected chi connectivity index (χ1v) is 7.72. The van der Waals surface area contributed by atoms with E-state index in [0.717, 1.165) is 24.3 Å². The summed E-state index contributed by atoms with van der Waals surface area (Å²) in [6.45, 7) is 0. The molecule has 0 saturated heterocycles. The molecule has 0 spiro atoms. The minimum absolute atomic E-state index is 0. The maximum absolute atomic E-state index is 9.55. The van der Waals surface area contributed by atoms with Gasteiger partial charge in [0, 0.05) is 0 Å². The molecule has 34 heavy (non-hydrogen) atoms. The molecule has 0 saturated carbocycles. The molecule has 0 atom stereocenters. The van der Waals surface area contributed by atoms with E-state index in [0.29, 0.717) is 0 Å². The summed E-state index contributed by atoms with van der Waals surface area (Å²) in [6.07, 6.45) is 0. The molecule has 0 aliphatic heterocycles. The minimum atomic E-state index is -4.89. The molecule has 0 radical (unpaired) electrons. The van der Waals surface area contributed by atoms with Gasteiger partial charge in [-0.05, 0) is 0 Å². The molecule has 0 aromatic rings. The number of carbonyl (C=O) groups is 8. The molecule has 0 heterocycles. The van der Waals surface area contributed by atoms with Gasteiger partial charge < -0.3 is 35.1 Å². The number of aliphatic carboxylic acids is 4. The Labute approximate surface area is 228 Å². The smallest absolute Gasteiger partial charge is 0.756 e. The Balaban J connectivity index is -0.0000000719. The first kappa shape index (κ1) is 44.0. The van der Waals surface area contributed by atoms with Gasteiger partial charge in [-0.2, -0.15) is 21.0 Å². The molecule has 22 heteroatoms. The Morgan fingerprint density at radius 2 is 0.618 bits per heavy atom. The first-order chi connectivity index (χ1) is 14.7. The number of carboxylic acid groups (broad SMARTS) is 4. The van der Waals surface area contributed by atoms with Crippen LogP contribution < -0.4 is 56.3 Å². The van der Waals surface area contributed by atoms with E-state index in [-0.39, 0.29) is 51.4 Å².